The molecule has 1 aliphatic rings. The van der Waals surface area contributed by atoms with Gasteiger partial charge >= 0.3 is 5.69 Å². The van der Waals surface area contributed by atoms with Crippen LogP contribution in [0.2, 0.25) is 0 Å². The normalized spacial score (nSPS) is 14.4. The van der Waals surface area contributed by atoms with Gasteiger partial charge in [0.1, 0.15) is 11.6 Å². The Labute approximate surface area is 134 Å². The topological polar surface area (TPSA) is 76.1 Å². The first-order chi connectivity index (χ1) is 11.0. The Morgan fingerprint density at radius 3 is 2.74 bits per heavy atom. The quantitative estimate of drug-likeness (QED) is 0.907. The van der Waals surface area contributed by atoms with Gasteiger partial charge in [-0.25, -0.2) is 4.79 Å². The fourth-order valence-electron chi connectivity index (χ4n) is 2.96. The minimum atomic E-state index is -0.406. The van der Waals surface area contributed by atoms with Crippen molar-refractivity contribution < 1.29 is 4.74 Å². The highest BCUT2D eigenvalue weighted by Gasteiger charge is 2.20. The summed E-state index contributed by atoms with van der Waals surface area (Å²) in [4.78, 5) is 26.9. The van der Waals surface area contributed by atoms with E-state index in [1.807, 2.05) is 19.1 Å². The molecule has 1 aromatic heterocycles. The van der Waals surface area contributed by atoms with Crippen LogP contribution in [0.25, 0.3) is 0 Å². The lowest BCUT2D eigenvalue weighted by atomic mass is 10.0. The predicted molar refractivity (Wildman–Crippen MR) is 89.4 cm³/mol. The van der Waals surface area contributed by atoms with E-state index in [1.54, 1.807) is 13.8 Å². The number of fused-ring (bicyclic) bond motifs is 1. The Balaban J connectivity index is 1.90. The van der Waals surface area contributed by atoms with Gasteiger partial charge in [0.15, 0.2) is 0 Å². The van der Waals surface area contributed by atoms with E-state index in [-0.39, 0.29) is 17.6 Å². The average molecular weight is 315 g/mol. The van der Waals surface area contributed by atoms with Gasteiger partial charge in [0.25, 0.3) is 5.56 Å². The maximum Gasteiger partial charge on any atom is 0.330 e. The van der Waals surface area contributed by atoms with Crippen LogP contribution in [0.1, 0.15) is 44.0 Å². The Bertz CT molecular complexity index is 804. The lowest BCUT2D eigenvalue weighted by molar-refractivity contribution is 0.352. The number of nitrogens with zero attached hydrogens (tertiary/aromatic N) is 1. The van der Waals surface area contributed by atoms with E-state index in [0.717, 1.165) is 17.7 Å². The van der Waals surface area contributed by atoms with E-state index in [4.69, 9.17) is 4.74 Å². The Hall–Kier alpha value is -2.50. The van der Waals surface area contributed by atoms with Gasteiger partial charge in [-0.2, -0.15) is 0 Å². The maximum atomic E-state index is 12.1. The van der Waals surface area contributed by atoms with Gasteiger partial charge in [-0.1, -0.05) is 18.2 Å². The van der Waals surface area contributed by atoms with Crippen molar-refractivity contribution in [1.29, 1.82) is 0 Å². The van der Waals surface area contributed by atoms with Gasteiger partial charge in [0.05, 0.1) is 12.6 Å². The largest absolute Gasteiger partial charge is 0.493 e. The van der Waals surface area contributed by atoms with Gasteiger partial charge < -0.3 is 10.1 Å². The number of aromatic amines is 1. The fourth-order valence-corrected chi connectivity index (χ4v) is 2.96. The van der Waals surface area contributed by atoms with Crippen molar-refractivity contribution in [3.63, 3.8) is 0 Å². The minimum absolute atomic E-state index is 0.0898. The van der Waals surface area contributed by atoms with Crippen LogP contribution in [0.15, 0.2) is 33.9 Å². The van der Waals surface area contributed by atoms with Crippen LogP contribution in [0.3, 0.4) is 0 Å². The van der Waals surface area contributed by atoms with Crippen molar-refractivity contribution in [3.05, 3.63) is 56.2 Å². The fraction of sp³-hybridized carbons (Fsp3) is 0.412. The molecule has 3 rings (SSSR count). The third kappa shape index (κ3) is 2.88. The molecule has 6 nitrogen and oxygen atoms in total. The SMILES string of the molecule is CC(C)n1c(=O)cc(N[C@@H](C)c2cccc3c2OCC3)[nH]c1=O. The molecular weight excluding hydrogens is 294 g/mol. The summed E-state index contributed by atoms with van der Waals surface area (Å²) in [5, 5.41) is 3.19. The zero-order valence-electron chi connectivity index (χ0n) is 13.6. The molecule has 0 amide bonds. The molecule has 1 atom stereocenters. The smallest absolute Gasteiger partial charge is 0.330 e. The van der Waals surface area contributed by atoms with E-state index in [2.05, 4.69) is 16.4 Å². The highest BCUT2D eigenvalue weighted by molar-refractivity contribution is 5.48. The number of aromatic nitrogens is 2. The third-order valence-electron chi connectivity index (χ3n) is 4.07. The Morgan fingerprint density at radius 2 is 2.04 bits per heavy atom. The average Bonchev–Trinajstić information content (AvgIpc) is 2.94. The van der Waals surface area contributed by atoms with Crippen LogP contribution in [0.4, 0.5) is 5.82 Å². The Morgan fingerprint density at radius 1 is 1.26 bits per heavy atom. The van der Waals surface area contributed by atoms with Crippen LogP contribution in [-0.4, -0.2) is 16.2 Å². The van der Waals surface area contributed by atoms with Gasteiger partial charge in [-0.3, -0.25) is 14.3 Å². The van der Waals surface area contributed by atoms with Crippen molar-refractivity contribution in [1.82, 2.24) is 9.55 Å². The first kappa shape index (κ1) is 15.4. The summed E-state index contributed by atoms with van der Waals surface area (Å²) in [5.74, 6) is 1.32. The van der Waals surface area contributed by atoms with Gasteiger partial charge in [-0.05, 0) is 26.3 Å². The molecule has 0 bridgehead atoms. The van der Waals surface area contributed by atoms with Crippen molar-refractivity contribution in [2.24, 2.45) is 0 Å². The summed E-state index contributed by atoms with van der Waals surface area (Å²) in [7, 11) is 0. The first-order valence-corrected chi connectivity index (χ1v) is 7.84. The van der Waals surface area contributed by atoms with E-state index < -0.39 is 5.69 Å². The lowest BCUT2D eigenvalue weighted by Crippen LogP contribution is -2.36. The monoisotopic (exact) mass is 315 g/mol. The number of anilines is 1. The summed E-state index contributed by atoms with van der Waals surface area (Å²) in [5.41, 5.74) is 1.50. The van der Waals surface area contributed by atoms with E-state index in [1.165, 1.54) is 16.2 Å². The molecule has 0 unspecified atom stereocenters. The number of benzene rings is 1. The summed E-state index contributed by atoms with van der Waals surface area (Å²) in [6.45, 7) is 6.28. The van der Waals surface area contributed by atoms with Gasteiger partial charge in [0.2, 0.25) is 0 Å². The summed E-state index contributed by atoms with van der Waals surface area (Å²) in [6, 6.07) is 7.21. The number of ether oxygens (including phenoxy) is 1. The summed E-state index contributed by atoms with van der Waals surface area (Å²) < 4.78 is 6.90. The molecule has 6 heteroatoms. The van der Waals surface area contributed by atoms with Crippen LogP contribution in [0.5, 0.6) is 5.75 Å². The predicted octanol–water partition coefficient (Wildman–Crippen LogP) is 2.23. The van der Waals surface area contributed by atoms with Crippen molar-refractivity contribution >= 4 is 5.82 Å². The minimum Gasteiger partial charge on any atom is -0.493 e. The summed E-state index contributed by atoms with van der Waals surface area (Å²) in [6.07, 6.45) is 0.914. The standard InChI is InChI=1S/C17H21N3O3/c1-10(2)20-15(21)9-14(19-17(20)22)18-11(3)13-6-4-5-12-7-8-23-16(12)13/h4-6,9-11,18H,7-8H2,1-3H3,(H,19,22)/t11-/m0/s1. The van der Waals surface area contributed by atoms with Crippen LogP contribution >= 0.6 is 0 Å². The molecule has 23 heavy (non-hydrogen) atoms. The number of nitrogens with one attached hydrogen (secondary N) is 2. The molecule has 1 aromatic carbocycles. The number of hydrogen-bond donors (Lipinski definition) is 2. The van der Waals surface area contributed by atoms with Crippen LogP contribution in [0, 0.1) is 0 Å². The van der Waals surface area contributed by atoms with E-state index >= 15 is 0 Å². The molecule has 2 heterocycles. The molecule has 0 aliphatic carbocycles. The number of para-hydroxylation sites is 1. The molecule has 2 aromatic rings. The molecule has 2 N–H and O–H groups in total. The zero-order valence-corrected chi connectivity index (χ0v) is 13.6. The number of hydrogen-bond acceptors (Lipinski definition) is 4. The maximum absolute atomic E-state index is 12.1. The lowest BCUT2D eigenvalue weighted by Gasteiger charge is -2.18. The molecule has 0 radical (unpaired) electrons. The van der Waals surface area contributed by atoms with Crippen molar-refractivity contribution in [2.45, 2.75) is 39.3 Å². The number of H-pyrrole nitrogens is 1. The highest BCUT2D eigenvalue weighted by atomic mass is 16.5. The van der Waals surface area contributed by atoms with E-state index in [9.17, 15) is 9.59 Å². The third-order valence-corrected chi connectivity index (χ3v) is 4.07. The second-order valence-electron chi connectivity index (χ2n) is 6.09. The molecule has 0 spiro atoms. The molecule has 1 aliphatic heterocycles. The van der Waals surface area contributed by atoms with Crippen LogP contribution < -0.4 is 21.3 Å². The van der Waals surface area contributed by atoms with Gasteiger partial charge in [0, 0.05) is 24.1 Å². The zero-order chi connectivity index (χ0) is 16.6. The second kappa shape index (κ2) is 5.95. The summed E-state index contributed by atoms with van der Waals surface area (Å²) >= 11 is 0. The molecular formula is C17H21N3O3. The Kier molecular flexibility index (Phi) is 3.98. The van der Waals surface area contributed by atoms with Gasteiger partial charge in [-0.15, -0.1) is 0 Å². The van der Waals surface area contributed by atoms with Crippen molar-refractivity contribution in [3.8, 4) is 5.75 Å². The first-order valence-electron chi connectivity index (χ1n) is 7.84. The second-order valence-corrected chi connectivity index (χ2v) is 6.09. The number of rotatable bonds is 4. The van der Waals surface area contributed by atoms with E-state index in [0.29, 0.717) is 12.4 Å². The molecule has 0 fully saturated rings. The molecule has 122 valence electrons. The highest BCUT2D eigenvalue weighted by Crippen LogP contribution is 2.34. The molecule has 0 saturated carbocycles. The van der Waals surface area contributed by atoms with Crippen molar-refractivity contribution in [2.75, 3.05) is 11.9 Å². The molecule has 0 saturated heterocycles. The van der Waals surface area contributed by atoms with Crippen LogP contribution in [-0.2, 0) is 6.42 Å².